The molecular formula is C18H13ClN4O. The summed E-state index contributed by atoms with van der Waals surface area (Å²) in [7, 11) is 0. The third kappa shape index (κ3) is 2.92. The minimum Gasteiger partial charge on any atom is -0.294 e. The Hall–Kier alpha value is -2.97. The Morgan fingerprint density at radius 3 is 2.50 bits per heavy atom. The summed E-state index contributed by atoms with van der Waals surface area (Å²) in [6, 6.07) is 12.7. The molecule has 0 bridgehead atoms. The van der Waals surface area contributed by atoms with Crippen molar-refractivity contribution in [3.63, 3.8) is 0 Å². The van der Waals surface area contributed by atoms with Crippen LogP contribution in [0.15, 0.2) is 42.6 Å². The van der Waals surface area contributed by atoms with E-state index in [1.807, 2.05) is 12.1 Å². The second kappa shape index (κ2) is 6.26. The maximum atomic E-state index is 11.5. The molecule has 5 nitrogen and oxygen atoms in total. The summed E-state index contributed by atoms with van der Waals surface area (Å²) in [5.41, 5.74) is 3.42. The predicted molar refractivity (Wildman–Crippen MR) is 91.3 cm³/mol. The monoisotopic (exact) mass is 336 g/mol. The van der Waals surface area contributed by atoms with Gasteiger partial charge in [0.1, 0.15) is 17.3 Å². The maximum Gasteiger partial charge on any atom is 0.161 e. The van der Waals surface area contributed by atoms with E-state index in [1.54, 1.807) is 42.1 Å². The van der Waals surface area contributed by atoms with Gasteiger partial charge in [0.25, 0.3) is 0 Å². The molecule has 1 aromatic carbocycles. The van der Waals surface area contributed by atoms with Crippen molar-refractivity contribution in [2.75, 3.05) is 0 Å². The molecule has 0 aliphatic heterocycles. The quantitative estimate of drug-likeness (QED) is 0.678. The molecule has 0 radical (unpaired) electrons. The molecule has 0 N–H and O–H groups in total. The van der Waals surface area contributed by atoms with Gasteiger partial charge in [0, 0.05) is 22.5 Å². The van der Waals surface area contributed by atoms with Gasteiger partial charge in [0.15, 0.2) is 5.78 Å². The highest BCUT2D eigenvalue weighted by atomic mass is 35.5. The Labute approximate surface area is 144 Å². The van der Waals surface area contributed by atoms with E-state index < -0.39 is 0 Å². The van der Waals surface area contributed by atoms with Crippen LogP contribution in [0, 0.1) is 18.3 Å². The first kappa shape index (κ1) is 15.9. The van der Waals surface area contributed by atoms with Crippen LogP contribution in [-0.2, 0) is 0 Å². The number of hydrogen-bond donors (Lipinski definition) is 0. The average molecular weight is 337 g/mol. The summed E-state index contributed by atoms with van der Waals surface area (Å²) in [6.45, 7) is 3.27. The zero-order valence-electron chi connectivity index (χ0n) is 13.1. The summed E-state index contributed by atoms with van der Waals surface area (Å²) in [5.74, 6) is -0.0428. The van der Waals surface area contributed by atoms with Crippen LogP contribution in [0.4, 0.5) is 0 Å². The van der Waals surface area contributed by atoms with Gasteiger partial charge in [-0.15, -0.1) is 0 Å². The van der Waals surface area contributed by atoms with Crippen molar-refractivity contribution in [1.29, 1.82) is 5.26 Å². The number of hydrogen-bond acceptors (Lipinski definition) is 4. The van der Waals surface area contributed by atoms with Crippen LogP contribution in [0.2, 0.25) is 5.02 Å². The van der Waals surface area contributed by atoms with Gasteiger partial charge in [-0.05, 0) is 50.2 Å². The average Bonchev–Trinajstić information content (AvgIpc) is 2.99. The van der Waals surface area contributed by atoms with Crippen LogP contribution in [0.1, 0.15) is 28.5 Å². The van der Waals surface area contributed by atoms with Crippen molar-refractivity contribution < 1.29 is 4.79 Å². The number of benzene rings is 1. The topological polar surface area (TPSA) is 71.6 Å². The van der Waals surface area contributed by atoms with Crippen molar-refractivity contribution in [2.24, 2.45) is 0 Å². The number of carbonyl (C=O) groups excluding carboxylic acids is 1. The lowest BCUT2D eigenvalue weighted by atomic mass is 10.1. The van der Waals surface area contributed by atoms with Gasteiger partial charge in [0.2, 0.25) is 0 Å². The van der Waals surface area contributed by atoms with Gasteiger partial charge >= 0.3 is 0 Å². The molecule has 0 fully saturated rings. The summed E-state index contributed by atoms with van der Waals surface area (Å²) >= 11 is 5.90. The van der Waals surface area contributed by atoms with Crippen LogP contribution in [0.25, 0.3) is 17.1 Å². The highest BCUT2D eigenvalue weighted by Crippen LogP contribution is 2.23. The van der Waals surface area contributed by atoms with Gasteiger partial charge in [0.05, 0.1) is 11.4 Å². The van der Waals surface area contributed by atoms with E-state index in [2.05, 4.69) is 16.2 Å². The highest BCUT2D eigenvalue weighted by molar-refractivity contribution is 6.30. The number of ketones is 1. The molecule has 2 heterocycles. The second-order valence-electron chi connectivity index (χ2n) is 5.31. The number of aryl methyl sites for hydroxylation is 1. The van der Waals surface area contributed by atoms with Crippen LogP contribution in [0.5, 0.6) is 0 Å². The third-order valence-corrected chi connectivity index (χ3v) is 3.89. The smallest absolute Gasteiger partial charge is 0.161 e. The van der Waals surface area contributed by atoms with Gasteiger partial charge in [-0.25, -0.2) is 4.68 Å². The standard InChI is InChI=1S/C18H13ClN4O/c1-11-16(12(2)24)7-8-17(21-11)18-13(9-20)10-23(22-18)15-5-3-14(19)4-6-15/h3-8,10H,1-2H3. The fraction of sp³-hybridized carbons (Fsp3) is 0.111. The van der Waals surface area contributed by atoms with E-state index in [0.717, 1.165) is 5.69 Å². The fourth-order valence-corrected chi connectivity index (χ4v) is 2.56. The number of nitrogens with zero attached hydrogens (tertiary/aromatic N) is 4. The molecule has 2 aromatic heterocycles. The molecule has 0 saturated carbocycles. The highest BCUT2D eigenvalue weighted by Gasteiger charge is 2.15. The van der Waals surface area contributed by atoms with E-state index >= 15 is 0 Å². The molecule has 0 unspecified atom stereocenters. The van der Waals surface area contributed by atoms with Gasteiger partial charge in [-0.3, -0.25) is 9.78 Å². The lowest BCUT2D eigenvalue weighted by molar-refractivity contribution is 0.101. The largest absolute Gasteiger partial charge is 0.294 e. The molecule has 0 aliphatic carbocycles. The minimum absolute atomic E-state index is 0.0428. The van der Waals surface area contributed by atoms with Crippen molar-refractivity contribution in [3.05, 3.63) is 64.4 Å². The number of halogens is 1. The van der Waals surface area contributed by atoms with Crippen molar-refractivity contribution in [2.45, 2.75) is 13.8 Å². The Kier molecular flexibility index (Phi) is 4.15. The number of aromatic nitrogens is 3. The number of rotatable bonds is 3. The molecule has 0 saturated heterocycles. The van der Waals surface area contributed by atoms with Crippen molar-refractivity contribution >= 4 is 17.4 Å². The lowest BCUT2D eigenvalue weighted by Gasteiger charge is -2.04. The Morgan fingerprint density at radius 2 is 1.92 bits per heavy atom. The van der Waals surface area contributed by atoms with E-state index in [-0.39, 0.29) is 5.78 Å². The van der Waals surface area contributed by atoms with Gasteiger partial charge < -0.3 is 0 Å². The third-order valence-electron chi connectivity index (χ3n) is 3.63. The van der Waals surface area contributed by atoms with Crippen LogP contribution in [0.3, 0.4) is 0 Å². The second-order valence-corrected chi connectivity index (χ2v) is 5.75. The van der Waals surface area contributed by atoms with Crippen LogP contribution >= 0.6 is 11.6 Å². The van der Waals surface area contributed by atoms with Crippen LogP contribution < -0.4 is 0 Å². The normalized spacial score (nSPS) is 10.4. The maximum absolute atomic E-state index is 11.5. The SMILES string of the molecule is CC(=O)c1ccc(-c2nn(-c3ccc(Cl)cc3)cc2C#N)nc1C. The summed E-state index contributed by atoms with van der Waals surface area (Å²) < 4.78 is 1.61. The molecule has 24 heavy (non-hydrogen) atoms. The Morgan fingerprint density at radius 1 is 1.21 bits per heavy atom. The zero-order valence-corrected chi connectivity index (χ0v) is 13.9. The van der Waals surface area contributed by atoms with E-state index in [0.29, 0.717) is 33.2 Å². The first-order valence-electron chi connectivity index (χ1n) is 7.24. The predicted octanol–water partition coefficient (Wildman–Crippen LogP) is 3.97. The van der Waals surface area contributed by atoms with Crippen molar-refractivity contribution in [3.8, 4) is 23.1 Å². The Balaban J connectivity index is 2.09. The molecule has 0 atom stereocenters. The fourth-order valence-electron chi connectivity index (χ4n) is 2.44. The molecule has 6 heteroatoms. The van der Waals surface area contributed by atoms with E-state index in [1.165, 1.54) is 6.92 Å². The molecule has 0 aliphatic rings. The Bertz CT molecular complexity index is 968. The number of carbonyl (C=O) groups is 1. The first-order valence-corrected chi connectivity index (χ1v) is 7.62. The molecule has 118 valence electrons. The van der Waals surface area contributed by atoms with Gasteiger partial charge in [-0.1, -0.05) is 11.6 Å². The number of pyridine rings is 1. The first-order chi connectivity index (χ1) is 11.5. The van der Waals surface area contributed by atoms with E-state index in [4.69, 9.17) is 11.6 Å². The summed E-state index contributed by atoms with van der Waals surface area (Å²) in [4.78, 5) is 16.0. The number of Topliss-reactive ketones (excluding diaryl/α,β-unsaturated/α-hetero) is 1. The van der Waals surface area contributed by atoms with Crippen molar-refractivity contribution in [1.82, 2.24) is 14.8 Å². The molecular weight excluding hydrogens is 324 g/mol. The van der Waals surface area contributed by atoms with Crippen LogP contribution in [-0.4, -0.2) is 20.5 Å². The molecule has 0 spiro atoms. The molecule has 0 amide bonds. The molecule has 3 aromatic rings. The lowest BCUT2D eigenvalue weighted by Crippen LogP contribution is -2.00. The molecule has 3 rings (SSSR count). The summed E-state index contributed by atoms with van der Waals surface area (Å²) in [6.07, 6.45) is 1.65. The number of nitriles is 1. The minimum atomic E-state index is -0.0428. The van der Waals surface area contributed by atoms with E-state index in [9.17, 15) is 10.1 Å². The zero-order chi connectivity index (χ0) is 17.3. The summed E-state index contributed by atoms with van der Waals surface area (Å²) in [5, 5.41) is 14.5. The van der Waals surface area contributed by atoms with Gasteiger partial charge in [-0.2, -0.15) is 10.4 Å².